The van der Waals surface area contributed by atoms with Gasteiger partial charge in [-0.05, 0) is 33.0 Å². The summed E-state index contributed by atoms with van der Waals surface area (Å²) in [7, 11) is -0.496. The lowest BCUT2D eigenvalue weighted by Gasteiger charge is -1.94. The molecule has 1 aromatic carbocycles. The van der Waals surface area contributed by atoms with Crippen LogP contribution in [0.2, 0.25) is 0 Å². The summed E-state index contributed by atoms with van der Waals surface area (Å²) in [5.41, 5.74) is 0. The molecule has 0 amide bonds. The van der Waals surface area contributed by atoms with Gasteiger partial charge in [0.05, 0.1) is 0 Å². The Morgan fingerprint density at radius 1 is 1.22 bits per heavy atom. The average Bonchev–Trinajstić information content (AvgIpc) is 1.90. The molecule has 3 heteroatoms. The SMILES string of the molecule is NS(=S)c1ccccc1. The van der Waals surface area contributed by atoms with E-state index in [0.717, 1.165) is 4.90 Å². The van der Waals surface area contributed by atoms with E-state index in [9.17, 15) is 0 Å². The highest BCUT2D eigenvalue weighted by atomic mass is 32.8. The van der Waals surface area contributed by atoms with E-state index in [2.05, 4.69) is 0 Å². The van der Waals surface area contributed by atoms with Gasteiger partial charge in [0.1, 0.15) is 0 Å². The van der Waals surface area contributed by atoms with Crippen LogP contribution in [0.1, 0.15) is 0 Å². The van der Waals surface area contributed by atoms with E-state index in [-0.39, 0.29) is 0 Å². The number of nitrogens with two attached hydrogens (primary N) is 1. The van der Waals surface area contributed by atoms with Gasteiger partial charge in [-0.2, -0.15) is 0 Å². The lowest BCUT2D eigenvalue weighted by Crippen LogP contribution is -1.99. The fourth-order valence-corrected chi connectivity index (χ4v) is 1.31. The van der Waals surface area contributed by atoms with Crippen molar-refractivity contribution in [3.63, 3.8) is 0 Å². The monoisotopic (exact) mass is 157 g/mol. The van der Waals surface area contributed by atoms with Crippen LogP contribution >= 0.6 is 0 Å². The van der Waals surface area contributed by atoms with Crippen LogP contribution in [0.4, 0.5) is 0 Å². The number of rotatable bonds is 1. The summed E-state index contributed by atoms with van der Waals surface area (Å²) in [5.74, 6) is 0. The van der Waals surface area contributed by atoms with E-state index in [1.54, 1.807) is 0 Å². The predicted octanol–water partition coefficient (Wildman–Crippen LogP) is 0.999. The summed E-state index contributed by atoms with van der Waals surface area (Å²) < 4.78 is 0. The normalized spacial score (nSPS) is 13.0. The van der Waals surface area contributed by atoms with Crippen LogP contribution < -0.4 is 5.14 Å². The second-order valence-electron chi connectivity index (χ2n) is 1.61. The fourth-order valence-electron chi connectivity index (χ4n) is 0.555. The Morgan fingerprint density at radius 3 is 2.11 bits per heavy atom. The van der Waals surface area contributed by atoms with Gasteiger partial charge in [-0.25, -0.2) is 0 Å². The number of hydrogen-bond acceptors (Lipinski definition) is 1. The first-order valence-corrected chi connectivity index (χ1v) is 4.73. The Labute approximate surface area is 61.6 Å². The van der Waals surface area contributed by atoms with Gasteiger partial charge >= 0.3 is 0 Å². The van der Waals surface area contributed by atoms with E-state index in [1.165, 1.54) is 0 Å². The molecule has 0 heterocycles. The molecule has 1 unspecified atom stereocenters. The van der Waals surface area contributed by atoms with E-state index in [0.29, 0.717) is 0 Å². The van der Waals surface area contributed by atoms with Crippen molar-refractivity contribution < 1.29 is 0 Å². The maximum Gasteiger partial charge on any atom is 0.0261 e. The minimum atomic E-state index is -0.496. The Bertz CT molecular complexity index is 208. The molecule has 0 fully saturated rings. The van der Waals surface area contributed by atoms with Crippen LogP contribution in [0.15, 0.2) is 35.2 Å². The molecule has 2 N–H and O–H groups in total. The fraction of sp³-hybridized carbons (Fsp3) is 0. The standard InChI is InChI=1S/C6H7NS2/c7-9(8)6-4-2-1-3-5-6/h1-5H,7H2. The quantitative estimate of drug-likeness (QED) is 0.658. The van der Waals surface area contributed by atoms with Gasteiger partial charge in [0, 0.05) is 4.90 Å². The third kappa shape index (κ3) is 1.86. The number of hydrogen-bond donors (Lipinski definition) is 1. The molecule has 0 spiro atoms. The van der Waals surface area contributed by atoms with Gasteiger partial charge < -0.3 is 0 Å². The Hall–Kier alpha value is -0.250. The maximum absolute atomic E-state index is 5.46. The molecule has 0 aliphatic heterocycles. The predicted molar refractivity (Wildman–Crippen MR) is 43.6 cm³/mol. The van der Waals surface area contributed by atoms with Gasteiger partial charge in [-0.15, -0.1) is 0 Å². The second kappa shape index (κ2) is 3.06. The highest BCUT2D eigenvalue weighted by Crippen LogP contribution is 1.99. The van der Waals surface area contributed by atoms with E-state index in [1.807, 2.05) is 30.3 Å². The molecule has 9 heavy (non-hydrogen) atoms. The van der Waals surface area contributed by atoms with Crippen molar-refractivity contribution in [2.75, 3.05) is 0 Å². The average molecular weight is 157 g/mol. The van der Waals surface area contributed by atoms with Crippen LogP contribution in [0.25, 0.3) is 0 Å². The molecule has 0 aromatic heterocycles. The van der Waals surface area contributed by atoms with Crippen molar-refractivity contribution in [3.05, 3.63) is 30.3 Å². The summed E-state index contributed by atoms with van der Waals surface area (Å²) in [5, 5.41) is 5.46. The zero-order valence-corrected chi connectivity index (χ0v) is 6.41. The molecular weight excluding hydrogens is 150 g/mol. The van der Waals surface area contributed by atoms with E-state index >= 15 is 0 Å². The van der Waals surface area contributed by atoms with Gasteiger partial charge in [-0.3, -0.25) is 5.14 Å². The highest BCUT2D eigenvalue weighted by molar-refractivity contribution is 8.27. The lowest BCUT2D eigenvalue weighted by atomic mass is 10.4. The molecule has 0 radical (unpaired) electrons. The first kappa shape index (κ1) is 6.86. The van der Waals surface area contributed by atoms with Crippen molar-refractivity contribution >= 4 is 20.8 Å². The molecule has 0 aliphatic rings. The first-order valence-electron chi connectivity index (χ1n) is 2.52. The van der Waals surface area contributed by atoms with Crippen molar-refractivity contribution in [3.8, 4) is 0 Å². The second-order valence-corrected chi connectivity index (χ2v) is 3.75. The summed E-state index contributed by atoms with van der Waals surface area (Å²) in [4.78, 5) is 1.03. The third-order valence-electron chi connectivity index (χ3n) is 0.976. The van der Waals surface area contributed by atoms with Gasteiger partial charge in [0.2, 0.25) is 0 Å². The lowest BCUT2D eigenvalue weighted by molar-refractivity contribution is 1.46. The highest BCUT2D eigenvalue weighted by Gasteiger charge is 1.87. The van der Waals surface area contributed by atoms with Crippen molar-refractivity contribution in [2.24, 2.45) is 5.14 Å². The summed E-state index contributed by atoms with van der Waals surface area (Å²) in [6, 6.07) is 9.71. The van der Waals surface area contributed by atoms with Crippen molar-refractivity contribution in [1.82, 2.24) is 0 Å². The molecule has 1 aromatic rings. The zero-order chi connectivity index (χ0) is 6.69. The first-order chi connectivity index (χ1) is 4.30. The third-order valence-corrected chi connectivity index (χ3v) is 2.29. The Kier molecular flexibility index (Phi) is 2.33. The van der Waals surface area contributed by atoms with Crippen LogP contribution in [-0.2, 0) is 20.8 Å². The Balaban J connectivity index is 2.98. The molecular formula is C6H7NS2. The maximum atomic E-state index is 5.46. The smallest absolute Gasteiger partial charge is 0.0261 e. The largest absolute Gasteiger partial charge is 0.271 e. The van der Waals surface area contributed by atoms with Gasteiger partial charge in [0.25, 0.3) is 0 Å². The molecule has 0 aliphatic carbocycles. The van der Waals surface area contributed by atoms with Crippen LogP contribution in [0, 0.1) is 0 Å². The molecule has 48 valence electrons. The minimum absolute atomic E-state index is 0.496. The van der Waals surface area contributed by atoms with Crippen LogP contribution in [0.3, 0.4) is 0 Å². The molecule has 1 nitrogen and oxygen atoms in total. The summed E-state index contributed by atoms with van der Waals surface area (Å²) in [6.07, 6.45) is 0. The minimum Gasteiger partial charge on any atom is -0.271 e. The molecule has 0 bridgehead atoms. The molecule has 1 atom stereocenters. The van der Waals surface area contributed by atoms with Crippen LogP contribution in [0.5, 0.6) is 0 Å². The van der Waals surface area contributed by atoms with E-state index in [4.69, 9.17) is 16.3 Å². The summed E-state index contributed by atoms with van der Waals surface area (Å²) in [6.45, 7) is 0. The van der Waals surface area contributed by atoms with Crippen molar-refractivity contribution in [1.29, 1.82) is 0 Å². The van der Waals surface area contributed by atoms with Crippen molar-refractivity contribution in [2.45, 2.75) is 4.90 Å². The molecule has 0 saturated carbocycles. The van der Waals surface area contributed by atoms with E-state index < -0.39 is 9.64 Å². The number of benzene rings is 1. The Morgan fingerprint density at radius 2 is 1.78 bits per heavy atom. The van der Waals surface area contributed by atoms with Crippen LogP contribution in [-0.4, -0.2) is 0 Å². The topological polar surface area (TPSA) is 26.0 Å². The summed E-state index contributed by atoms with van der Waals surface area (Å²) >= 11 is 4.85. The van der Waals surface area contributed by atoms with Gasteiger partial charge in [-0.1, -0.05) is 18.2 Å². The van der Waals surface area contributed by atoms with Gasteiger partial charge in [0.15, 0.2) is 0 Å². The zero-order valence-electron chi connectivity index (χ0n) is 4.78. The molecule has 1 rings (SSSR count). The molecule has 0 saturated heterocycles.